The third-order valence-electron chi connectivity index (χ3n) is 4.28. The molecule has 5 heteroatoms. The molecule has 2 aliphatic rings. The van der Waals surface area contributed by atoms with E-state index in [0.29, 0.717) is 36.0 Å². The standard InChI is InChI=1S/C17H23NO4/c1-20-14-10-12(11-15-16(14)22-9-8-21-15)17(19)18-13-6-4-2-3-5-7-13/h10-11,13H,2-9H2,1H3,(H,18,19). The summed E-state index contributed by atoms with van der Waals surface area (Å²) in [6, 6.07) is 3.73. The first kappa shape index (κ1) is 15.0. The number of carbonyl (C=O) groups is 1. The van der Waals surface area contributed by atoms with Crippen LogP contribution in [-0.2, 0) is 0 Å². The highest BCUT2D eigenvalue weighted by Gasteiger charge is 2.22. The molecule has 1 amide bonds. The van der Waals surface area contributed by atoms with E-state index in [1.54, 1.807) is 19.2 Å². The first-order valence-corrected chi connectivity index (χ1v) is 8.06. The second kappa shape index (κ2) is 6.90. The van der Waals surface area contributed by atoms with Crippen molar-refractivity contribution in [1.82, 2.24) is 5.32 Å². The van der Waals surface area contributed by atoms with Crippen LogP contribution in [0.5, 0.6) is 17.2 Å². The highest BCUT2D eigenvalue weighted by atomic mass is 16.6. The highest BCUT2D eigenvalue weighted by Crippen LogP contribution is 2.40. The summed E-state index contributed by atoms with van der Waals surface area (Å²) in [7, 11) is 1.57. The molecule has 5 nitrogen and oxygen atoms in total. The molecule has 1 N–H and O–H groups in total. The van der Waals surface area contributed by atoms with Crippen LogP contribution in [0.1, 0.15) is 48.9 Å². The van der Waals surface area contributed by atoms with Gasteiger partial charge in [0, 0.05) is 11.6 Å². The predicted molar refractivity (Wildman–Crippen MR) is 82.9 cm³/mol. The zero-order chi connectivity index (χ0) is 15.4. The highest BCUT2D eigenvalue weighted by molar-refractivity contribution is 5.95. The molecule has 0 spiro atoms. The lowest BCUT2D eigenvalue weighted by molar-refractivity contribution is 0.0931. The van der Waals surface area contributed by atoms with Crippen molar-refractivity contribution in [2.75, 3.05) is 20.3 Å². The van der Waals surface area contributed by atoms with Crippen LogP contribution in [-0.4, -0.2) is 32.3 Å². The Balaban J connectivity index is 1.76. The lowest BCUT2D eigenvalue weighted by Gasteiger charge is -2.22. The van der Waals surface area contributed by atoms with Crippen molar-refractivity contribution in [2.45, 2.75) is 44.6 Å². The average Bonchev–Trinajstić information content (AvgIpc) is 2.82. The first-order chi connectivity index (χ1) is 10.8. The molecule has 1 saturated carbocycles. The lowest BCUT2D eigenvalue weighted by atomic mass is 10.1. The molecule has 0 bridgehead atoms. The Hall–Kier alpha value is -1.91. The summed E-state index contributed by atoms with van der Waals surface area (Å²) >= 11 is 0. The van der Waals surface area contributed by atoms with Crippen LogP contribution in [0.4, 0.5) is 0 Å². The second-order valence-electron chi connectivity index (χ2n) is 5.86. The van der Waals surface area contributed by atoms with E-state index in [-0.39, 0.29) is 11.9 Å². The van der Waals surface area contributed by atoms with Gasteiger partial charge < -0.3 is 19.5 Å². The molecule has 0 radical (unpaired) electrons. The molecular weight excluding hydrogens is 282 g/mol. The minimum absolute atomic E-state index is 0.0674. The van der Waals surface area contributed by atoms with Crippen molar-refractivity contribution < 1.29 is 19.0 Å². The van der Waals surface area contributed by atoms with Gasteiger partial charge in [-0.2, -0.15) is 0 Å². The normalized spacial score (nSPS) is 18.4. The maximum atomic E-state index is 12.5. The van der Waals surface area contributed by atoms with Gasteiger partial charge in [0.25, 0.3) is 5.91 Å². The van der Waals surface area contributed by atoms with E-state index >= 15 is 0 Å². The SMILES string of the molecule is COc1cc(C(=O)NC2CCCCCC2)cc2c1OCCO2. The van der Waals surface area contributed by atoms with E-state index in [0.717, 1.165) is 12.8 Å². The van der Waals surface area contributed by atoms with Crippen molar-refractivity contribution in [3.05, 3.63) is 17.7 Å². The summed E-state index contributed by atoms with van der Waals surface area (Å²) in [5.41, 5.74) is 0.561. The van der Waals surface area contributed by atoms with Gasteiger partial charge in [0.2, 0.25) is 5.75 Å². The van der Waals surface area contributed by atoms with Crippen LogP contribution < -0.4 is 19.5 Å². The number of ether oxygens (including phenoxy) is 3. The van der Waals surface area contributed by atoms with E-state index in [9.17, 15) is 4.79 Å². The number of nitrogens with one attached hydrogen (secondary N) is 1. The maximum absolute atomic E-state index is 12.5. The quantitative estimate of drug-likeness (QED) is 0.872. The average molecular weight is 305 g/mol. The second-order valence-corrected chi connectivity index (χ2v) is 5.86. The van der Waals surface area contributed by atoms with Gasteiger partial charge >= 0.3 is 0 Å². The number of carbonyl (C=O) groups excluding carboxylic acids is 1. The molecule has 1 aromatic rings. The minimum atomic E-state index is -0.0674. The first-order valence-electron chi connectivity index (χ1n) is 8.06. The van der Waals surface area contributed by atoms with Crippen molar-refractivity contribution in [3.8, 4) is 17.2 Å². The largest absolute Gasteiger partial charge is 0.493 e. The van der Waals surface area contributed by atoms with Crippen LogP contribution in [0.15, 0.2) is 12.1 Å². The van der Waals surface area contributed by atoms with Crippen molar-refractivity contribution >= 4 is 5.91 Å². The Morgan fingerprint density at radius 2 is 1.86 bits per heavy atom. The molecule has 1 heterocycles. The molecule has 1 fully saturated rings. The van der Waals surface area contributed by atoms with Crippen molar-refractivity contribution in [3.63, 3.8) is 0 Å². The molecule has 1 aliphatic carbocycles. The van der Waals surface area contributed by atoms with E-state index in [1.807, 2.05) is 0 Å². The fraction of sp³-hybridized carbons (Fsp3) is 0.588. The fourth-order valence-electron chi connectivity index (χ4n) is 3.10. The monoisotopic (exact) mass is 305 g/mol. The fourth-order valence-corrected chi connectivity index (χ4v) is 3.10. The molecule has 3 rings (SSSR count). The Bertz CT molecular complexity index is 518. The molecule has 0 aromatic heterocycles. The number of hydrogen-bond donors (Lipinski definition) is 1. The smallest absolute Gasteiger partial charge is 0.251 e. The Morgan fingerprint density at radius 1 is 1.14 bits per heavy atom. The van der Waals surface area contributed by atoms with Crippen LogP contribution in [0.25, 0.3) is 0 Å². The summed E-state index contributed by atoms with van der Waals surface area (Å²) in [6.45, 7) is 0.987. The van der Waals surface area contributed by atoms with Gasteiger partial charge in [0.1, 0.15) is 13.2 Å². The number of rotatable bonds is 3. The third-order valence-corrected chi connectivity index (χ3v) is 4.28. The van der Waals surface area contributed by atoms with Crippen LogP contribution in [0.2, 0.25) is 0 Å². The summed E-state index contributed by atoms with van der Waals surface area (Å²) < 4.78 is 16.5. The Kier molecular flexibility index (Phi) is 4.71. The van der Waals surface area contributed by atoms with Crippen LogP contribution >= 0.6 is 0 Å². The molecule has 22 heavy (non-hydrogen) atoms. The molecule has 1 aromatic carbocycles. The summed E-state index contributed by atoms with van der Waals surface area (Å²) in [5, 5.41) is 3.14. The van der Waals surface area contributed by atoms with E-state index in [4.69, 9.17) is 14.2 Å². The van der Waals surface area contributed by atoms with Gasteiger partial charge in [-0.15, -0.1) is 0 Å². The molecule has 1 aliphatic heterocycles. The van der Waals surface area contributed by atoms with E-state index < -0.39 is 0 Å². The molecular formula is C17H23NO4. The summed E-state index contributed by atoms with van der Waals surface area (Å²) in [5.74, 6) is 1.64. The van der Waals surface area contributed by atoms with Gasteiger partial charge in [-0.1, -0.05) is 25.7 Å². The van der Waals surface area contributed by atoms with Gasteiger partial charge in [-0.05, 0) is 25.0 Å². The van der Waals surface area contributed by atoms with Crippen molar-refractivity contribution in [1.29, 1.82) is 0 Å². The zero-order valence-electron chi connectivity index (χ0n) is 13.0. The summed E-state index contributed by atoms with van der Waals surface area (Å²) in [4.78, 5) is 12.5. The van der Waals surface area contributed by atoms with Gasteiger partial charge in [0.15, 0.2) is 11.5 Å². The number of fused-ring (bicyclic) bond motifs is 1. The number of benzene rings is 1. The molecule has 0 atom stereocenters. The maximum Gasteiger partial charge on any atom is 0.251 e. The lowest BCUT2D eigenvalue weighted by Crippen LogP contribution is -2.34. The number of amides is 1. The molecule has 0 unspecified atom stereocenters. The Labute approximate surface area is 130 Å². The zero-order valence-corrected chi connectivity index (χ0v) is 13.0. The van der Waals surface area contributed by atoms with E-state index in [2.05, 4.69) is 5.32 Å². The molecule has 120 valence electrons. The van der Waals surface area contributed by atoms with Crippen LogP contribution in [0, 0.1) is 0 Å². The predicted octanol–water partition coefficient (Wildman–Crippen LogP) is 2.92. The van der Waals surface area contributed by atoms with Crippen LogP contribution in [0.3, 0.4) is 0 Å². The summed E-state index contributed by atoms with van der Waals surface area (Å²) in [6.07, 6.45) is 7.04. The van der Waals surface area contributed by atoms with Gasteiger partial charge in [0.05, 0.1) is 7.11 Å². The number of methoxy groups -OCH3 is 1. The minimum Gasteiger partial charge on any atom is -0.493 e. The third kappa shape index (κ3) is 3.29. The van der Waals surface area contributed by atoms with E-state index in [1.165, 1.54) is 25.7 Å². The van der Waals surface area contributed by atoms with Gasteiger partial charge in [-0.25, -0.2) is 0 Å². The van der Waals surface area contributed by atoms with Gasteiger partial charge in [-0.3, -0.25) is 4.79 Å². The number of hydrogen-bond acceptors (Lipinski definition) is 4. The molecule has 0 saturated heterocycles. The Morgan fingerprint density at radius 3 is 2.59 bits per heavy atom. The topological polar surface area (TPSA) is 56.8 Å². The van der Waals surface area contributed by atoms with Crippen molar-refractivity contribution in [2.24, 2.45) is 0 Å².